The van der Waals surface area contributed by atoms with Crippen LogP contribution in [-0.4, -0.2) is 39.6 Å². The minimum atomic E-state index is -0.669. The van der Waals surface area contributed by atoms with Crippen LogP contribution in [-0.2, 0) is 11.2 Å². The molecule has 0 saturated carbocycles. The SMILES string of the molecule is CCC1(C(=O)O)CCCN1CCc1ccncc1. The highest BCUT2D eigenvalue weighted by Crippen LogP contribution is 2.32. The third-order valence-electron chi connectivity index (χ3n) is 4.03. The predicted molar refractivity (Wildman–Crippen MR) is 69.4 cm³/mol. The summed E-state index contributed by atoms with van der Waals surface area (Å²) in [6, 6.07) is 3.98. The molecule has 1 fully saturated rings. The van der Waals surface area contributed by atoms with Crippen molar-refractivity contribution in [3.8, 4) is 0 Å². The third kappa shape index (κ3) is 2.38. The number of hydrogen-bond acceptors (Lipinski definition) is 3. The van der Waals surface area contributed by atoms with Gasteiger partial charge in [-0.1, -0.05) is 6.92 Å². The van der Waals surface area contributed by atoms with Crippen molar-refractivity contribution in [1.29, 1.82) is 0 Å². The molecule has 0 spiro atoms. The molecular weight excluding hydrogens is 228 g/mol. The van der Waals surface area contributed by atoms with Crippen LogP contribution in [0.4, 0.5) is 0 Å². The number of aliphatic carboxylic acids is 1. The number of carbonyl (C=O) groups is 1. The van der Waals surface area contributed by atoms with Crippen LogP contribution in [0.25, 0.3) is 0 Å². The Morgan fingerprint density at radius 2 is 2.22 bits per heavy atom. The Bertz CT molecular complexity index is 408. The van der Waals surface area contributed by atoms with Crippen molar-refractivity contribution in [1.82, 2.24) is 9.88 Å². The topological polar surface area (TPSA) is 53.4 Å². The molecule has 0 radical (unpaired) electrons. The van der Waals surface area contributed by atoms with Crippen LogP contribution in [0.1, 0.15) is 31.7 Å². The predicted octanol–water partition coefficient (Wildman–Crippen LogP) is 1.95. The lowest BCUT2D eigenvalue weighted by molar-refractivity contribution is -0.150. The van der Waals surface area contributed by atoms with Gasteiger partial charge in [0.15, 0.2) is 0 Å². The van der Waals surface area contributed by atoms with Crippen LogP contribution in [0.3, 0.4) is 0 Å². The first-order valence-electron chi connectivity index (χ1n) is 6.56. The Morgan fingerprint density at radius 3 is 2.83 bits per heavy atom. The van der Waals surface area contributed by atoms with Crippen LogP contribution < -0.4 is 0 Å². The molecule has 1 aliphatic rings. The molecule has 0 bridgehead atoms. The molecule has 1 aromatic heterocycles. The lowest BCUT2D eigenvalue weighted by Crippen LogP contribution is -2.50. The van der Waals surface area contributed by atoms with Crippen molar-refractivity contribution in [3.05, 3.63) is 30.1 Å². The van der Waals surface area contributed by atoms with E-state index >= 15 is 0 Å². The monoisotopic (exact) mass is 248 g/mol. The lowest BCUT2D eigenvalue weighted by atomic mass is 9.92. The zero-order valence-electron chi connectivity index (χ0n) is 10.8. The van der Waals surface area contributed by atoms with Crippen molar-refractivity contribution in [2.75, 3.05) is 13.1 Å². The zero-order valence-corrected chi connectivity index (χ0v) is 10.8. The highest BCUT2D eigenvalue weighted by atomic mass is 16.4. The van der Waals surface area contributed by atoms with Crippen LogP contribution in [0, 0.1) is 0 Å². The Kier molecular flexibility index (Phi) is 3.97. The second-order valence-electron chi connectivity index (χ2n) is 4.89. The summed E-state index contributed by atoms with van der Waals surface area (Å²) in [5, 5.41) is 9.48. The maximum Gasteiger partial charge on any atom is 0.324 e. The molecule has 0 aromatic carbocycles. The number of hydrogen-bond donors (Lipinski definition) is 1. The molecule has 4 heteroatoms. The fraction of sp³-hybridized carbons (Fsp3) is 0.571. The quantitative estimate of drug-likeness (QED) is 0.865. The maximum atomic E-state index is 11.5. The number of rotatable bonds is 5. The summed E-state index contributed by atoms with van der Waals surface area (Å²) in [5.74, 6) is -0.669. The molecule has 18 heavy (non-hydrogen) atoms. The van der Waals surface area contributed by atoms with E-state index in [1.807, 2.05) is 19.1 Å². The second kappa shape index (κ2) is 5.48. The summed E-state index contributed by atoms with van der Waals surface area (Å²) in [5.41, 5.74) is 0.583. The van der Waals surface area contributed by atoms with Crippen molar-refractivity contribution in [2.24, 2.45) is 0 Å². The van der Waals surface area contributed by atoms with E-state index in [1.165, 1.54) is 5.56 Å². The van der Waals surface area contributed by atoms with Crippen LogP contribution in [0.5, 0.6) is 0 Å². The Labute approximate surface area is 108 Å². The molecule has 0 amide bonds. The van der Waals surface area contributed by atoms with Crippen molar-refractivity contribution in [3.63, 3.8) is 0 Å². The molecule has 1 aliphatic heterocycles. The Morgan fingerprint density at radius 1 is 1.50 bits per heavy atom. The molecule has 1 aromatic rings. The smallest absolute Gasteiger partial charge is 0.324 e. The number of pyridine rings is 1. The van der Waals surface area contributed by atoms with Crippen LogP contribution in [0.15, 0.2) is 24.5 Å². The van der Waals surface area contributed by atoms with Gasteiger partial charge in [0, 0.05) is 18.9 Å². The zero-order chi connectivity index (χ0) is 13.0. The van der Waals surface area contributed by atoms with Crippen LogP contribution in [0.2, 0.25) is 0 Å². The fourth-order valence-corrected chi connectivity index (χ4v) is 2.87. The third-order valence-corrected chi connectivity index (χ3v) is 4.03. The minimum Gasteiger partial charge on any atom is -0.480 e. The molecule has 1 atom stereocenters. The summed E-state index contributed by atoms with van der Waals surface area (Å²) in [4.78, 5) is 17.6. The van der Waals surface area contributed by atoms with Gasteiger partial charge >= 0.3 is 5.97 Å². The van der Waals surface area contributed by atoms with Gasteiger partial charge in [0.05, 0.1) is 0 Å². The molecular formula is C14H20N2O2. The molecule has 2 rings (SSSR count). The largest absolute Gasteiger partial charge is 0.480 e. The van der Waals surface area contributed by atoms with E-state index in [2.05, 4.69) is 9.88 Å². The van der Waals surface area contributed by atoms with E-state index in [4.69, 9.17) is 0 Å². The van der Waals surface area contributed by atoms with Gasteiger partial charge in [-0.2, -0.15) is 0 Å². The second-order valence-corrected chi connectivity index (χ2v) is 4.89. The van der Waals surface area contributed by atoms with Crippen molar-refractivity contribution < 1.29 is 9.90 Å². The summed E-state index contributed by atoms with van der Waals surface area (Å²) >= 11 is 0. The van der Waals surface area contributed by atoms with Gasteiger partial charge in [0.25, 0.3) is 0 Å². The average Bonchev–Trinajstić information content (AvgIpc) is 2.81. The first kappa shape index (κ1) is 13.0. The van der Waals surface area contributed by atoms with Gasteiger partial charge in [-0.3, -0.25) is 14.7 Å². The van der Waals surface area contributed by atoms with E-state index in [9.17, 15) is 9.90 Å². The van der Waals surface area contributed by atoms with Gasteiger partial charge in [-0.15, -0.1) is 0 Å². The van der Waals surface area contributed by atoms with Gasteiger partial charge in [0.2, 0.25) is 0 Å². The van der Waals surface area contributed by atoms with Crippen LogP contribution >= 0.6 is 0 Å². The molecule has 2 heterocycles. The van der Waals surface area contributed by atoms with Gasteiger partial charge < -0.3 is 5.11 Å². The fourth-order valence-electron chi connectivity index (χ4n) is 2.87. The first-order chi connectivity index (χ1) is 8.69. The summed E-state index contributed by atoms with van der Waals surface area (Å²) < 4.78 is 0. The summed E-state index contributed by atoms with van der Waals surface area (Å²) in [6.45, 7) is 3.67. The van der Waals surface area contributed by atoms with Crippen molar-refractivity contribution >= 4 is 5.97 Å². The van der Waals surface area contributed by atoms with E-state index in [1.54, 1.807) is 12.4 Å². The van der Waals surface area contributed by atoms with Gasteiger partial charge in [-0.25, -0.2) is 0 Å². The van der Waals surface area contributed by atoms with E-state index in [0.29, 0.717) is 6.42 Å². The molecule has 98 valence electrons. The van der Waals surface area contributed by atoms with Gasteiger partial charge in [-0.05, 0) is 49.9 Å². The highest BCUT2D eigenvalue weighted by Gasteiger charge is 2.45. The number of nitrogens with zero attached hydrogens (tertiary/aromatic N) is 2. The Hall–Kier alpha value is -1.42. The number of carboxylic acid groups (broad SMARTS) is 1. The minimum absolute atomic E-state index is 0.632. The molecule has 0 aliphatic carbocycles. The standard InChI is InChI=1S/C14H20N2O2/c1-2-14(13(17)18)7-3-10-16(14)11-6-12-4-8-15-9-5-12/h4-5,8-9H,2-3,6-7,10-11H2,1H3,(H,17,18). The highest BCUT2D eigenvalue weighted by molar-refractivity contribution is 5.79. The maximum absolute atomic E-state index is 11.5. The van der Waals surface area contributed by atoms with Gasteiger partial charge in [0.1, 0.15) is 5.54 Å². The summed E-state index contributed by atoms with van der Waals surface area (Å²) in [6.07, 6.45) is 6.88. The lowest BCUT2D eigenvalue weighted by Gasteiger charge is -2.33. The van der Waals surface area contributed by atoms with E-state index < -0.39 is 11.5 Å². The average molecular weight is 248 g/mol. The van der Waals surface area contributed by atoms with E-state index in [-0.39, 0.29) is 0 Å². The molecule has 1 N–H and O–H groups in total. The molecule has 1 saturated heterocycles. The number of carboxylic acids is 1. The Balaban J connectivity index is 2.02. The normalized spacial score (nSPS) is 24.3. The number of aromatic nitrogens is 1. The molecule has 4 nitrogen and oxygen atoms in total. The van der Waals surface area contributed by atoms with E-state index in [0.717, 1.165) is 32.4 Å². The van der Waals surface area contributed by atoms with Crippen molar-refractivity contribution in [2.45, 2.75) is 38.1 Å². The number of likely N-dealkylation sites (tertiary alicyclic amines) is 1. The summed E-state index contributed by atoms with van der Waals surface area (Å²) in [7, 11) is 0. The molecule has 1 unspecified atom stereocenters. The first-order valence-corrected chi connectivity index (χ1v) is 6.56.